The van der Waals surface area contributed by atoms with Crippen LogP contribution in [0.2, 0.25) is 0 Å². The molecule has 2 aromatic rings. The minimum atomic E-state index is 0.0564. The van der Waals surface area contributed by atoms with Gasteiger partial charge in [-0.25, -0.2) is 4.98 Å². The van der Waals surface area contributed by atoms with Crippen molar-refractivity contribution in [1.29, 1.82) is 0 Å². The van der Waals surface area contributed by atoms with Gasteiger partial charge in [-0.05, 0) is 37.0 Å². The quantitative estimate of drug-likeness (QED) is 0.813. The van der Waals surface area contributed by atoms with Crippen LogP contribution in [0.5, 0.6) is 0 Å². The number of aryl methyl sites for hydroxylation is 1. The monoisotopic (exact) mass is 323 g/mol. The average molecular weight is 323 g/mol. The zero-order valence-corrected chi connectivity index (χ0v) is 13.9. The molecule has 2 fully saturated rings. The van der Waals surface area contributed by atoms with Crippen molar-refractivity contribution < 1.29 is 9.21 Å². The summed E-state index contributed by atoms with van der Waals surface area (Å²) in [6, 6.07) is 5.70. The van der Waals surface area contributed by atoms with Crippen LogP contribution < -0.4 is 0 Å². The zero-order chi connectivity index (χ0) is 16.7. The molecule has 0 radical (unpaired) electrons. The van der Waals surface area contributed by atoms with Gasteiger partial charge in [-0.15, -0.1) is 6.42 Å². The third-order valence-corrected chi connectivity index (χ3v) is 4.98. The number of rotatable bonds is 3. The Bertz CT molecular complexity index is 808. The van der Waals surface area contributed by atoms with Gasteiger partial charge in [0.2, 0.25) is 0 Å². The summed E-state index contributed by atoms with van der Waals surface area (Å²) in [5, 5.41) is 0. The molecule has 1 unspecified atom stereocenters. The van der Waals surface area contributed by atoms with Crippen molar-refractivity contribution >= 4 is 17.0 Å². The van der Waals surface area contributed by atoms with Gasteiger partial charge in [0.25, 0.3) is 5.91 Å². The molecule has 1 amide bonds. The number of nitrogens with zero attached hydrogens (tertiary/aromatic N) is 3. The summed E-state index contributed by atoms with van der Waals surface area (Å²) in [6.07, 6.45) is 8.18. The number of fused-ring (bicyclic) bond motifs is 1. The summed E-state index contributed by atoms with van der Waals surface area (Å²) in [5.74, 6) is 4.27. The normalized spacial score (nSPS) is 20.1. The number of terminal acetylenes is 1. The highest BCUT2D eigenvalue weighted by Gasteiger charge is 2.35. The van der Waals surface area contributed by atoms with Crippen molar-refractivity contribution in [3.05, 3.63) is 29.7 Å². The molecule has 1 aliphatic heterocycles. The van der Waals surface area contributed by atoms with E-state index in [0.717, 1.165) is 37.3 Å². The predicted molar refractivity (Wildman–Crippen MR) is 91.6 cm³/mol. The van der Waals surface area contributed by atoms with Crippen LogP contribution in [0.4, 0.5) is 0 Å². The Morgan fingerprint density at radius 1 is 1.33 bits per heavy atom. The number of hydrogen-bond donors (Lipinski definition) is 0. The molecule has 0 N–H and O–H groups in total. The molecule has 1 aromatic carbocycles. The highest BCUT2D eigenvalue weighted by Crippen LogP contribution is 2.35. The molecule has 2 heterocycles. The van der Waals surface area contributed by atoms with Crippen LogP contribution >= 0.6 is 0 Å². The molecule has 0 bridgehead atoms. The number of carbonyl (C=O) groups is 1. The summed E-state index contributed by atoms with van der Waals surface area (Å²) >= 11 is 0. The second-order valence-electron chi connectivity index (χ2n) is 6.69. The molecule has 4 rings (SSSR count). The highest BCUT2D eigenvalue weighted by atomic mass is 16.3. The molecular weight excluding hydrogens is 302 g/mol. The lowest BCUT2D eigenvalue weighted by Gasteiger charge is -2.37. The van der Waals surface area contributed by atoms with Gasteiger partial charge in [0.1, 0.15) is 5.52 Å². The van der Waals surface area contributed by atoms with Gasteiger partial charge in [-0.3, -0.25) is 9.69 Å². The SMILES string of the molecule is C#CC(C1CC1)N1CCN(C(=O)c2ccc3oc(C)nc3c2)CC1. The Morgan fingerprint density at radius 2 is 2.08 bits per heavy atom. The van der Waals surface area contributed by atoms with Crippen LogP contribution in [-0.4, -0.2) is 52.9 Å². The fraction of sp³-hybridized carbons (Fsp3) is 0.474. The zero-order valence-electron chi connectivity index (χ0n) is 13.9. The van der Waals surface area contributed by atoms with E-state index in [9.17, 15) is 4.79 Å². The van der Waals surface area contributed by atoms with E-state index < -0.39 is 0 Å². The standard InChI is InChI=1S/C19H21N3O2/c1-3-17(14-4-5-14)21-8-10-22(11-9-21)19(23)15-6-7-18-16(12-15)20-13(2)24-18/h1,6-7,12,14,17H,4-5,8-11H2,2H3. The summed E-state index contributed by atoms with van der Waals surface area (Å²) in [5.41, 5.74) is 2.12. The van der Waals surface area contributed by atoms with Crippen LogP contribution in [0.15, 0.2) is 22.6 Å². The number of aromatic nitrogens is 1. The second kappa shape index (κ2) is 5.95. The van der Waals surface area contributed by atoms with E-state index in [-0.39, 0.29) is 11.9 Å². The average Bonchev–Trinajstić information content (AvgIpc) is 3.35. The van der Waals surface area contributed by atoms with E-state index in [1.807, 2.05) is 30.0 Å². The smallest absolute Gasteiger partial charge is 0.254 e. The first kappa shape index (κ1) is 15.2. The number of hydrogen-bond acceptors (Lipinski definition) is 4. The fourth-order valence-electron chi connectivity index (χ4n) is 3.51. The molecule has 1 atom stereocenters. The molecule has 124 valence electrons. The maximum Gasteiger partial charge on any atom is 0.254 e. The number of amides is 1. The van der Waals surface area contributed by atoms with Crippen molar-refractivity contribution in [2.45, 2.75) is 25.8 Å². The Labute approximate surface area is 141 Å². The number of benzene rings is 1. The van der Waals surface area contributed by atoms with Gasteiger partial charge >= 0.3 is 0 Å². The first-order valence-corrected chi connectivity index (χ1v) is 8.52. The predicted octanol–water partition coefficient (Wildman–Crippen LogP) is 2.31. The van der Waals surface area contributed by atoms with Crippen molar-refractivity contribution in [1.82, 2.24) is 14.8 Å². The summed E-state index contributed by atoms with van der Waals surface area (Å²) in [6.45, 7) is 4.95. The van der Waals surface area contributed by atoms with Gasteiger partial charge in [-0.1, -0.05) is 5.92 Å². The molecule has 24 heavy (non-hydrogen) atoms. The first-order valence-electron chi connectivity index (χ1n) is 8.52. The lowest BCUT2D eigenvalue weighted by molar-refractivity contribution is 0.0595. The third kappa shape index (κ3) is 2.78. The fourth-order valence-corrected chi connectivity index (χ4v) is 3.51. The molecular formula is C19H21N3O2. The van der Waals surface area contributed by atoms with E-state index in [4.69, 9.17) is 10.8 Å². The lowest BCUT2D eigenvalue weighted by Crippen LogP contribution is -2.52. The minimum absolute atomic E-state index is 0.0564. The Kier molecular flexibility index (Phi) is 3.78. The first-order chi connectivity index (χ1) is 11.7. The van der Waals surface area contributed by atoms with Gasteiger partial charge < -0.3 is 9.32 Å². The minimum Gasteiger partial charge on any atom is -0.441 e. The molecule has 1 saturated carbocycles. The number of piperazine rings is 1. The topological polar surface area (TPSA) is 49.6 Å². The lowest BCUT2D eigenvalue weighted by atomic mass is 10.1. The third-order valence-electron chi connectivity index (χ3n) is 4.98. The van der Waals surface area contributed by atoms with Crippen LogP contribution in [0.1, 0.15) is 29.1 Å². The Hall–Kier alpha value is -2.32. The van der Waals surface area contributed by atoms with Crippen molar-refractivity contribution in [2.24, 2.45) is 5.92 Å². The largest absolute Gasteiger partial charge is 0.441 e. The molecule has 5 heteroatoms. The number of oxazole rings is 1. The van der Waals surface area contributed by atoms with Crippen molar-refractivity contribution in [2.75, 3.05) is 26.2 Å². The Morgan fingerprint density at radius 3 is 2.75 bits per heavy atom. The van der Waals surface area contributed by atoms with Gasteiger partial charge in [-0.2, -0.15) is 0 Å². The maximum absolute atomic E-state index is 12.8. The van der Waals surface area contributed by atoms with Gasteiger partial charge in [0.15, 0.2) is 11.5 Å². The van der Waals surface area contributed by atoms with Crippen LogP contribution in [0, 0.1) is 25.2 Å². The van der Waals surface area contributed by atoms with Crippen molar-refractivity contribution in [3.63, 3.8) is 0 Å². The Balaban J connectivity index is 1.44. The summed E-state index contributed by atoms with van der Waals surface area (Å²) in [7, 11) is 0. The van der Waals surface area contributed by atoms with Gasteiger partial charge in [0.05, 0.1) is 6.04 Å². The van der Waals surface area contributed by atoms with Crippen LogP contribution in [0.3, 0.4) is 0 Å². The van der Waals surface area contributed by atoms with Crippen molar-refractivity contribution in [3.8, 4) is 12.3 Å². The molecule has 2 aliphatic rings. The molecule has 1 aliphatic carbocycles. The van der Waals surface area contributed by atoms with Gasteiger partial charge in [0, 0.05) is 38.7 Å². The maximum atomic E-state index is 12.8. The second-order valence-corrected chi connectivity index (χ2v) is 6.69. The van der Waals surface area contributed by atoms with E-state index in [1.54, 1.807) is 0 Å². The molecule has 0 spiro atoms. The summed E-state index contributed by atoms with van der Waals surface area (Å²) < 4.78 is 5.47. The van der Waals surface area contributed by atoms with E-state index in [1.165, 1.54) is 12.8 Å². The summed E-state index contributed by atoms with van der Waals surface area (Å²) in [4.78, 5) is 21.3. The van der Waals surface area contributed by atoms with E-state index in [2.05, 4.69) is 15.8 Å². The molecule has 5 nitrogen and oxygen atoms in total. The molecule has 1 aromatic heterocycles. The van der Waals surface area contributed by atoms with Crippen LogP contribution in [-0.2, 0) is 0 Å². The van der Waals surface area contributed by atoms with Crippen LogP contribution in [0.25, 0.3) is 11.1 Å². The van der Waals surface area contributed by atoms with E-state index >= 15 is 0 Å². The highest BCUT2D eigenvalue weighted by molar-refractivity contribution is 5.97. The number of carbonyl (C=O) groups excluding carboxylic acids is 1. The molecule has 1 saturated heterocycles. The van der Waals surface area contributed by atoms with E-state index in [0.29, 0.717) is 17.4 Å².